The van der Waals surface area contributed by atoms with Gasteiger partial charge in [-0.2, -0.15) is 5.90 Å². The first-order chi connectivity index (χ1) is 16.1. The predicted molar refractivity (Wildman–Crippen MR) is 126 cm³/mol. The molecule has 0 bridgehead atoms. The molecule has 0 saturated carbocycles. The summed E-state index contributed by atoms with van der Waals surface area (Å²) in [5.74, 6) is 6.41. The molecule has 33 heavy (non-hydrogen) atoms. The second-order valence-corrected chi connectivity index (χ2v) is 7.80. The van der Waals surface area contributed by atoms with Gasteiger partial charge in [-0.1, -0.05) is 66.2 Å². The van der Waals surface area contributed by atoms with Gasteiger partial charge in [-0.05, 0) is 36.6 Å². The lowest BCUT2D eigenvalue weighted by atomic mass is 9.91. The summed E-state index contributed by atoms with van der Waals surface area (Å²) >= 11 is 0. The van der Waals surface area contributed by atoms with Crippen molar-refractivity contribution in [2.75, 3.05) is 13.7 Å². The first-order valence-corrected chi connectivity index (χ1v) is 10.9. The van der Waals surface area contributed by atoms with Gasteiger partial charge in [0.1, 0.15) is 31.8 Å². The molecule has 174 valence electrons. The van der Waals surface area contributed by atoms with Crippen molar-refractivity contribution >= 4 is 11.7 Å². The molecule has 0 saturated heterocycles. The van der Waals surface area contributed by atoms with E-state index in [4.69, 9.17) is 20.2 Å². The Morgan fingerprint density at radius 1 is 1.06 bits per heavy atom. The van der Waals surface area contributed by atoms with E-state index in [0.717, 1.165) is 34.8 Å². The van der Waals surface area contributed by atoms with Crippen LogP contribution in [0, 0.1) is 5.92 Å². The molecular weight excluding hydrogens is 420 g/mol. The SMILES string of the molecule is CO/N=C(\COc1ccc(COC2=CC=C(CCC(=O)ON)CC2C)cc1)c1ccccc1. The number of rotatable bonds is 11. The van der Waals surface area contributed by atoms with E-state index in [-0.39, 0.29) is 12.3 Å². The highest BCUT2D eigenvalue weighted by molar-refractivity contribution is 6.01. The van der Waals surface area contributed by atoms with Gasteiger partial charge in [0.15, 0.2) is 0 Å². The standard InChI is InChI=1S/C26H30N2O5/c1-19-16-20(11-15-26(29)33-27)10-14-25(19)32-17-21-8-12-23(13-9-21)31-18-24(28-30-2)22-6-4-3-5-7-22/h3-10,12-14,19H,11,15-18,27H2,1-2H3/b28-24+. The van der Waals surface area contributed by atoms with Crippen LogP contribution in [0.15, 0.2) is 83.2 Å². The van der Waals surface area contributed by atoms with Crippen molar-refractivity contribution in [1.29, 1.82) is 0 Å². The molecule has 0 heterocycles. The van der Waals surface area contributed by atoms with Crippen LogP contribution in [0.2, 0.25) is 0 Å². The van der Waals surface area contributed by atoms with Crippen molar-refractivity contribution in [3.63, 3.8) is 0 Å². The molecule has 7 heteroatoms. The highest BCUT2D eigenvalue weighted by Crippen LogP contribution is 2.29. The molecule has 1 unspecified atom stereocenters. The van der Waals surface area contributed by atoms with Crippen LogP contribution in [-0.2, 0) is 25.8 Å². The molecule has 7 nitrogen and oxygen atoms in total. The monoisotopic (exact) mass is 450 g/mol. The molecule has 2 aromatic carbocycles. The highest BCUT2D eigenvalue weighted by atomic mass is 16.7. The van der Waals surface area contributed by atoms with Gasteiger partial charge in [0, 0.05) is 11.5 Å². The van der Waals surface area contributed by atoms with Crippen LogP contribution in [0.3, 0.4) is 0 Å². The Morgan fingerprint density at radius 3 is 2.48 bits per heavy atom. The Morgan fingerprint density at radius 2 is 1.82 bits per heavy atom. The number of carbonyl (C=O) groups is 1. The number of ether oxygens (including phenoxy) is 2. The summed E-state index contributed by atoms with van der Waals surface area (Å²) in [5, 5.41) is 4.08. The first kappa shape index (κ1) is 24.1. The average molecular weight is 451 g/mol. The third-order valence-electron chi connectivity index (χ3n) is 5.33. The smallest absolute Gasteiger partial charge is 0.324 e. The van der Waals surface area contributed by atoms with Crippen molar-refractivity contribution in [2.24, 2.45) is 17.0 Å². The van der Waals surface area contributed by atoms with Crippen LogP contribution in [0.4, 0.5) is 0 Å². The summed E-state index contributed by atoms with van der Waals surface area (Å²) in [4.78, 5) is 20.4. The molecule has 3 rings (SSSR count). The summed E-state index contributed by atoms with van der Waals surface area (Å²) in [5.41, 5.74) is 3.91. The minimum atomic E-state index is -0.399. The van der Waals surface area contributed by atoms with E-state index in [2.05, 4.69) is 16.9 Å². The molecule has 1 aliphatic rings. The van der Waals surface area contributed by atoms with Gasteiger partial charge in [-0.25, -0.2) is 0 Å². The number of oxime groups is 1. The van der Waals surface area contributed by atoms with Crippen LogP contribution in [-0.4, -0.2) is 25.4 Å². The van der Waals surface area contributed by atoms with E-state index in [0.29, 0.717) is 19.6 Å². The molecule has 0 radical (unpaired) electrons. The van der Waals surface area contributed by atoms with Crippen molar-refractivity contribution in [3.05, 3.63) is 89.2 Å². The van der Waals surface area contributed by atoms with Crippen LogP contribution in [0.25, 0.3) is 0 Å². The van der Waals surface area contributed by atoms with Crippen LogP contribution in [0.1, 0.15) is 37.3 Å². The number of carbonyl (C=O) groups excluding carboxylic acids is 1. The molecule has 0 aromatic heterocycles. The van der Waals surface area contributed by atoms with E-state index in [1.165, 1.54) is 12.7 Å². The van der Waals surface area contributed by atoms with Gasteiger partial charge in [0.2, 0.25) is 0 Å². The van der Waals surface area contributed by atoms with Gasteiger partial charge in [-0.3, -0.25) is 4.79 Å². The van der Waals surface area contributed by atoms with E-state index < -0.39 is 5.97 Å². The number of nitrogens with two attached hydrogens (primary N) is 1. The molecule has 0 aliphatic heterocycles. The number of hydrogen-bond donors (Lipinski definition) is 1. The van der Waals surface area contributed by atoms with Crippen molar-refractivity contribution in [3.8, 4) is 5.75 Å². The van der Waals surface area contributed by atoms with E-state index >= 15 is 0 Å². The molecular formula is C26H30N2O5. The predicted octanol–water partition coefficient (Wildman–Crippen LogP) is 4.68. The zero-order valence-corrected chi connectivity index (χ0v) is 19.0. The Labute approximate surface area is 194 Å². The fourth-order valence-corrected chi connectivity index (χ4v) is 3.53. The molecule has 1 aliphatic carbocycles. The van der Waals surface area contributed by atoms with Crippen molar-refractivity contribution in [1.82, 2.24) is 0 Å². The number of hydrogen-bond acceptors (Lipinski definition) is 7. The lowest BCUT2D eigenvalue weighted by Gasteiger charge is -2.22. The van der Waals surface area contributed by atoms with Crippen LogP contribution < -0.4 is 10.6 Å². The average Bonchev–Trinajstić information content (AvgIpc) is 2.85. The van der Waals surface area contributed by atoms with Crippen LogP contribution in [0.5, 0.6) is 5.75 Å². The zero-order valence-electron chi connectivity index (χ0n) is 19.0. The highest BCUT2D eigenvalue weighted by Gasteiger charge is 2.17. The van der Waals surface area contributed by atoms with Gasteiger partial charge in [-0.15, -0.1) is 0 Å². The Hall–Kier alpha value is -3.58. The fourth-order valence-electron chi connectivity index (χ4n) is 3.53. The molecule has 1 atom stereocenters. The van der Waals surface area contributed by atoms with E-state index in [1.807, 2.05) is 66.7 Å². The number of allylic oxidation sites excluding steroid dienone is 4. The third kappa shape index (κ3) is 7.50. The lowest BCUT2D eigenvalue weighted by molar-refractivity contribution is -0.144. The summed E-state index contributed by atoms with van der Waals surface area (Å²) in [6.07, 6.45) is 5.78. The zero-order chi connectivity index (χ0) is 23.5. The fraction of sp³-hybridized carbons (Fsp3) is 0.308. The normalized spacial score (nSPS) is 15.8. The summed E-state index contributed by atoms with van der Waals surface area (Å²) in [6, 6.07) is 17.6. The molecule has 0 spiro atoms. The number of nitrogens with zero attached hydrogens (tertiary/aromatic N) is 1. The Balaban J connectivity index is 1.50. The summed E-state index contributed by atoms with van der Waals surface area (Å²) < 4.78 is 11.9. The number of benzene rings is 2. The maximum Gasteiger partial charge on any atom is 0.324 e. The van der Waals surface area contributed by atoms with E-state index in [1.54, 1.807) is 0 Å². The summed E-state index contributed by atoms with van der Waals surface area (Å²) in [6.45, 7) is 2.89. The maximum atomic E-state index is 11.2. The topological polar surface area (TPSA) is 92.4 Å². The molecule has 0 fully saturated rings. The van der Waals surface area contributed by atoms with Gasteiger partial charge in [0.25, 0.3) is 0 Å². The first-order valence-electron chi connectivity index (χ1n) is 10.9. The van der Waals surface area contributed by atoms with E-state index in [9.17, 15) is 4.79 Å². The lowest BCUT2D eigenvalue weighted by Crippen LogP contribution is -2.13. The largest absolute Gasteiger partial charge is 0.493 e. The van der Waals surface area contributed by atoms with Crippen molar-refractivity contribution < 1.29 is 23.9 Å². The van der Waals surface area contributed by atoms with Crippen molar-refractivity contribution in [2.45, 2.75) is 32.8 Å². The second kappa shape index (κ2) is 12.5. The Bertz CT molecular complexity index is 997. The van der Waals surface area contributed by atoms with Crippen LogP contribution >= 0.6 is 0 Å². The minimum Gasteiger partial charge on any atom is -0.493 e. The van der Waals surface area contributed by atoms with Gasteiger partial charge in [0.05, 0.1) is 12.2 Å². The molecule has 2 aromatic rings. The maximum absolute atomic E-state index is 11.2. The van der Waals surface area contributed by atoms with Gasteiger partial charge < -0.3 is 19.1 Å². The molecule has 2 N–H and O–H groups in total. The quantitative estimate of drug-likeness (QED) is 0.395. The summed E-state index contributed by atoms with van der Waals surface area (Å²) in [7, 11) is 1.52. The Kier molecular flexibility index (Phi) is 9.08. The third-order valence-corrected chi connectivity index (χ3v) is 5.33. The minimum absolute atomic E-state index is 0.248. The molecule has 0 amide bonds. The second-order valence-electron chi connectivity index (χ2n) is 7.80. The van der Waals surface area contributed by atoms with Gasteiger partial charge >= 0.3 is 5.97 Å².